The minimum absolute atomic E-state index is 0.395. The van der Waals surface area contributed by atoms with E-state index in [1.54, 1.807) is 0 Å². The first-order valence-electron chi connectivity index (χ1n) is 5.93. The average Bonchev–Trinajstić information content (AvgIpc) is 2.25. The van der Waals surface area contributed by atoms with Crippen LogP contribution < -0.4 is 11.1 Å². The van der Waals surface area contributed by atoms with Crippen molar-refractivity contribution >= 4 is 17.3 Å². The second kappa shape index (κ2) is 5.07. The summed E-state index contributed by atoms with van der Waals surface area (Å²) in [7, 11) is 0. The van der Waals surface area contributed by atoms with Gasteiger partial charge in [-0.15, -0.1) is 0 Å². The van der Waals surface area contributed by atoms with Gasteiger partial charge in [0, 0.05) is 12.1 Å². The molecule has 3 N–H and O–H groups in total. The van der Waals surface area contributed by atoms with Crippen molar-refractivity contribution in [2.75, 3.05) is 5.32 Å². The number of anilines is 1. The number of benzene rings is 1. The van der Waals surface area contributed by atoms with Gasteiger partial charge >= 0.3 is 0 Å². The molecule has 0 unspecified atom stereocenters. The van der Waals surface area contributed by atoms with Crippen LogP contribution in [0.25, 0.3) is 0 Å². The van der Waals surface area contributed by atoms with E-state index in [0.29, 0.717) is 12.1 Å². The van der Waals surface area contributed by atoms with Gasteiger partial charge in [0.25, 0.3) is 0 Å². The van der Waals surface area contributed by atoms with E-state index in [1.807, 2.05) is 6.07 Å². The fourth-order valence-electron chi connectivity index (χ4n) is 2.22. The highest BCUT2D eigenvalue weighted by molar-refractivity contribution is 6.33. The first-order chi connectivity index (χ1) is 7.65. The normalized spacial score (nSPS) is 25.4. The summed E-state index contributed by atoms with van der Waals surface area (Å²) in [5, 5.41) is 4.32. The van der Waals surface area contributed by atoms with Crippen molar-refractivity contribution in [3.63, 3.8) is 0 Å². The summed E-state index contributed by atoms with van der Waals surface area (Å²) in [4.78, 5) is 0. The lowest BCUT2D eigenvalue weighted by Crippen LogP contribution is -2.32. The van der Waals surface area contributed by atoms with Gasteiger partial charge in [0.2, 0.25) is 0 Å². The van der Waals surface area contributed by atoms with E-state index in [1.165, 1.54) is 5.56 Å². The fraction of sp³-hybridized carbons (Fsp3) is 0.538. The first-order valence-corrected chi connectivity index (χ1v) is 6.31. The van der Waals surface area contributed by atoms with Crippen LogP contribution in [-0.4, -0.2) is 12.1 Å². The number of aryl methyl sites for hydroxylation is 1. The quantitative estimate of drug-likeness (QED) is 0.830. The maximum atomic E-state index is 6.19. The van der Waals surface area contributed by atoms with E-state index in [9.17, 15) is 0 Å². The molecule has 2 rings (SSSR count). The molecule has 88 valence electrons. The summed E-state index contributed by atoms with van der Waals surface area (Å²) in [6, 6.07) is 7.07. The Hall–Kier alpha value is -0.730. The topological polar surface area (TPSA) is 38.0 Å². The largest absolute Gasteiger partial charge is 0.381 e. The van der Waals surface area contributed by atoms with Gasteiger partial charge in [-0.2, -0.15) is 0 Å². The molecule has 1 fully saturated rings. The minimum Gasteiger partial charge on any atom is -0.381 e. The Balaban J connectivity index is 1.98. The van der Waals surface area contributed by atoms with Gasteiger partial charge in [-0.25, -0.2) is 0 Å². The van der Waals surface area contributed by atoms with Crippen molar-refractivity contribution in [1.29, 1.82) is 0 Å². The van der Waals surface area contributed by atoms with Crippen LogP contribution in [0.5, 0.6) is 0 Å². The molecular formula is C13H19ClN2. The molecule has 0 amide bonds. The number of hydrogen-bond donors (Lipinski definition) is 2. The number of rotatable bonds is 2. The third-order valence-electron chi connectivity index (χ3n) is 3.26. The summed E-state index contributed by atoms with van der Waals surface area (Å²) >= 11 is 6.19. The average molecular weight is 239 g/mol. The van der Waals surface area contributed by atoms with E-state index < -0.39 is 0 Å². The monoisotopic (exact) mass is 238 g/mol. The van der Waals surface area contributed by atoms with Crippen LogP contribution in [0.1, 0.15) is 31.2 Å². The molecule has 1 aromatic rings. The highest BCUT2D eigenvalue weighted by Gasteiger charge is 2.18. The zero-order chi connectivity index (χ0) is 11.5. The summed E-state index contributed by atoms with van der Waals surface area (Å²) in [5.74, 6) is 0. The lowest BCUT2D eigenvalue weighted by atomic mass is 9.91. The van der Waals surface area contributed by atoms with E-state index in [4.69, 9.17) is 17.3 Å². The number of nitrogens with one attached hydrogen (secondary N) is 1. The molecule has 0 spiro atoms. The molecule has 0 heterocycles. The number of hydrogen-bond acceptors (Lipinski definition) is 2. The van der Waals surface area contributed by atoms with Crippen LogP contribution in [0.2, 0.25) is 5.02 Å². The lowest BCUT2D eigenvalue weighted by molar-refractivity contribution is 0.411. The highest BCUT2D eigenvalue weighted by Crippen LogP contribution is 2.27. The molecule has 0 bridgehead atoms. The number of halogens is 1. The summed E-state index contributed by atoms with van der Waals surface area (Å²) in [6.07, 6.45) is 4.51. The maximum Gasteiger partial charge on any atom is 0.0640 e. The molecule has 1 aliphatic rings. The lowest BCUT2D eigenvalue weighted by Gasteiger charge is -2.28. The molecule has 0 saturated heterocycles. The van der Waals surface area contributed by atoms with Gasteiger partial charge in [-0.1, -0.05) is 17.7 Å². The van der Waals surface area contributed by atoms with Crippen LogP contribution >= 0.6 is 11.6 Å². The molecular weight excluding hydrogens is 220 g/mol. The van der Waals surface area contributed by atoms with Gasteiger partial charge < -0.3 is 11.1 Å². The Kier molecular flexibility index (Phi) is 3.72. The van der Waals surface area contributed by atoms with Crippen LogP contribution in [0, 0.1) is 6.92 Å². The van der Waals surface area contributed by atoms with Gasteiger partial charge in [0.05, 0.1) is 10.7 Å². The van der Waals surface area contributed by atoms with Crippen molar-refractivity contribution in [2.24, 2.45) is 5.73 Å². The standard InChI is InChI=1S/C13H19ClN2/c1-9-2-7-13(12(14)8-9)16-11-5-3-10(15)4-6-11/h2,7-8,10-11,16H,3-6,15H2,1H3. The van der Waals surface area contributed by atoms with E-state index >= 15 is 0 Å². The predicted molar refractivity (Wildman–Crippen MR) is 70.0 cm³/mol. The molecule has 0 atom stereocenters. The van der Waals surface area contributed by atoms with Crippen molar-refractivity contribution in [1.82, 2.24) is 0 Å². The first kappa shape index (κ1) is 11.7. The Labute approximate surface area is 102 Å². The van der Waals surface area contributed by atoms with Gasteiger partial charge in [0.15, 0.2) is 0 Å². The molecule has 0 radical (unpaired) electrons. The van der Waals surface area contributed by atoms with Crippen molar-refractivity contribution in [3.8, 4) is 0 Å². The molecule has 2 nitrogen and oxygen atoms in total. The predicted octanol–water partition coefficient (Wildman–Crippen LogP) is 3.33. The molecule has 0 aliphatic heterocycles. The van der Waals surface area contributed by atoms with Crippen molar-refractivity contribution in [3.05, 3.63) is 28.8 Å². The number of nitrogens with two attached hydrogens (primary N) is 1. The van der Waals surface area contributed by atoms with Crippen LogP contribution in [0.4, 0.5) is 5.69 Å². The fourth-order valence-corrected chi connectivity index (χ4v) is 2.51. The van der Waals surface area contributed by atoms with Crippen molar-refractivity contribution < 1.29 is 0 Å². The van der Waals surface area contributed by atoms with Crippen molar-refractivity contribution in [2.45, 2.75) is 44.7 Å². The zero-order valence-corrected chi connectivity index (χ0v) is 10.4. The third kappa shape index (κ3) is 2.89. The molecule has 16 heavy (non-hydrogen) atoms. The van der Waals surface area contributed by atoms with E-state index in [-0.39, 0.29) is 0 Å². The van der Waals surface area contributed by atoms with Crippen LogP contribution in [0.3, 0.4) is 0 Å². The Morgan fingerprint density at radius 1 is 1.25 bits per heavy atom. The summed E-state index contributed by atoms with van der Waals surface area (Å²) in [5.41, 5.74) is 8.13. The van der Waals surface area contributed by atoms with Crippen LogP contribution in [0.15, 0.2) is 18.2 Å². The Morgan fingerprint density at radius 3 is 2.56 bits per heavy atom. The van der Waals surface area contributed by atoms with Crippen LogP contribution in [-0.2, 0) is 0 Å². The van der Waals surface area contributed by atoms with Gasteiger partial charge in [-0.05, 0) is 50.3 Å². The SMILES string of the molecule is Cc1ccc(NC2CCC(N)CC2)c(Cl)c1. The third-order valence-corrected chi connectivity index (χ3v) is 3.57. The maximum absolute atomic E-state index is 6.19. The molecule has 1 aliphatic carbocycles. The minimum atomic E-state index is 0.395. The molecule has 0 aromatic heterocycles. The summed E-state index contributed by atoms with van der Waals surface area (Å²) in [6.45, 7) is 2.05. The van der Waals surface area contributed by atoms with Gasteiger partial charge in [0.1, 0.15) is 0 Å². The molecule has 1 saturated carbocycles. The summed E-state index contributed by atoms with van der Waals surface area (Å²) < 4.78 is 0. The second-order valence-electron chi connectivity index (χ2n) is 4.74. The van der Waals surface area contributed by atoms with Gasteiger partial charge in [-0.3, -0.25) is 0 Å². The zero-order valence-electron chi connectivity index (χ0n) is 9.67. The highest BCUT2D eigenvalue weighted by atomic mass is 35.5. The van der Waals surface area contributed by atoms with E-state index in [0.717, 1.165) is 36.4 Å². The Bertz CT molecular complexity index is 357. The smallest absolute Gasteiger partial charge is 0.0640 e. The van der Waals surface area contributed by atoms with E-state index in [2.05, 4.69) is 24.4 Å². The Morgan fingerprint density at radius 2 is 1.94 bits per heavy atom. The second-order valence-corrected chi connectivity index (χ2v) is 5.15. The molecule has 1 aromatic carbocycles. The molecule has 3 heteroatoms.